The molecule has 3 amide bonds. The number of carbonyl (C=O) groups excluding carboxylic acids is 2. The molecule has 2 rings (SSSR count). The Kier molecular flexibility index (Phi) is 4.45. The molecule has 0 spiro atoms. The van der Waals surface area contributed by atoms with Crippen LogP contribution in [0.3, 0.4) is 0 Å². The van der Waals surface area contributed by atoms with E-state index in [-0.39, 0.29) is 12.6 Å². The lowest BCUT2D eigenvalue weighted by Gasteiger charge is -2.35. The molecule has 1 aliphatic carbocycles. The minimum atomic E-state index is -1.08. The van der Waals surface area contributed by atoms with Gasteiger partial charge in [-0.05, 0) is 43.4 Å². The van der Waals surface area contributed by atoms with Gasteiger partial charge in [-0.25, -0.2) is 4.79 Å². The number of carbonyl (C=O) groups is 2. The number of imide groups is 1. The monoisotopic (exact) mass is 268 g/mol. The first kappa shape index (κ1) is 14.3. The summed E-state index contributed by atoms with van der Waals surface area (Å²) in [4.78, 5) is 24.7. The molecule has 2 fully saturated rings. The summed E-state index contributed by atoms with van der Waals surface area (Å²) in [6.07, 6.45) is 3.40. The summed E-state index contributed by atoms with van der Waals surface area (Å²) in [6.45, 7) is 4.99. The van der Waals surface area contributed by atoms with Crippen LogP contribution in [0.15, 0.2) is 0 Å². The Hall–Kier alpha value is -1.10. The van der Waals surface area contributed by atoms with Crippen molar-refractivity contribution >= 4 is 11.9 Å². The number of nitrogens with zero attached hydrogens (tertiary/aromatic N) is 1. The van der Waals surface area contributed by atoms with Crippen molar-refractivity contribution in [1.82, 2.24) is 10.2 Å². The normalized spacial score (nSPS) is 32.6. The lowest BCUT2D eigenvalue weighted by atomic mass is 9.77. The van der Waals surface area contributed by atoms with Crippen molar-refractivity contribution in [2.45, 2.75) is 45.6 Å². The standard InChI is InChI=1S/C14H24N2O3/c1-9(2)11-5-3-10(4-6-11)8-16-13(18)12(17)7-15-14(16)19/h9-12,17H,3-8H2,1-2H3,(H,15,19)/t10?,11?,12-/m0/s1. The first-order valence-electron chi connectivity index (χ1n) is 7.26. The van der Waals surface area contributed by atoms with Crippen molar-refractivity contribution in [3.63, 3.8) is 0 Å². The average Bonchev–Trinajstić information content (AvgIpc) is 2.40. The van der Waals surface area contributed by atoms with Gasteiger partial charge in [-0.15, -0.1) is 0 Å². The fraction of sp³-hybridized carbons (Fsp3) is 0.857. The summed E-state index contributed by atoms with van der Waals surface area (Å²) in [5, 5.41) is 12.0. The number of aliphatic hydroxyl groups is 1. The minimum absolute atomic E-state index is 0.0360. The van der Waals surface area contributed by atoms with Crippen LogP contribution in [0.2, 0.25) is 0 Å². The van der Waals surface area contributed by atoms with Crippen molar-refractivity contribution in [3.8, 4) is 0 Å². The van der Waals surface area contributed by atoms with E-state index < -0.39 is 12.0 Å². The quantitative estimate of drug-likeness (QED) is 0.812. The summed E-state index contributed by atoms with van der Waals surface area (Å²) >= 11 is 0. The molecular formula is C14H24N2O3. The number of aliphatic hydroxyl groups excluding tert-OH is 1. The zero-order chi connectivity index (χ0) is 14.0. The van der Waals surface area contributed by atoms with Gasteiger partial charge >= 0.3 is 6.03 Å². The Bertz CT molecular complexity index is 349. The fourth-order valence-corrected chi connectivity index (χ4v) is 3.12. The van der Waals surface area contributed by atoms with Crippen LogP contribution < -0.4 is 5.32 Å². The molecule has 5 heteroatoms. The first-order chi connectivity index (χ1) is 8.99. The fourth-order valence-electron chi connectivity index (χ4n) is 3.12. The van der Waals surface area contributed by atoms with E-state index in [1.807, 2.05) is 0 Å². The first-order valence-corrected chi connectivity index (χ1v) is 7.26. The van der Waals surface area contributed by atoms with Crippen LogP contribution in [-0.2, 0) is 4.79 Å². The van der Waals surface area contributed by atoms with Gasteiger partial charge < -0.3 is 10.4 Å². The zero-order valence-electron chi connectivity index (χ0n) is 11.8. The summed E-state index contributed by atoms with van der Waals surface area (Å²) in [5.41, 5.74) is 0. The molecule has 0 radical (unpaired) electrons. The molecule has 1 saturated heterocycles. The molecule has 1 heterocycles. The second kappa shape index (κ2) is 5.90. The Labute approximate surface area is 114 Å². The zero-order valence-corrected chi connectivity index (χ0v) is 11.8. The summed E-state index contributed by atoms with van der Waals surface area (Å²) < 4.78 is 0. The van der Waals surface area contributed by atoms with E-state index in [9.17, 15) is 14.7 Å². The average molecular weight is 268 g/mol. The van der Waals surface area contributed by atoms with E-state index in [0.717, 1.165) is 18.8 Å². The highest BCUT2D eigenvalue weighted by Crippen LogP contribution is 2.33. The molecule has 0 unspecified atom stereocenters. The van der Waals surface area contributed by atoms with E-state index in [1.165, 1.54) is 17.7 Å². The third kappa shape index (κ3) is 3.26. The van der Waals surface area contributed by atoms with E-state index in [0.29, 0.717) is 18.4 Å². The molecule has 2 aliphatic rings. The Morgan fingerprint density at radius 3 is 2.47 bits per heavy atom. The number of urea groups is 1. The van der Waals surface area contributed by atoms with Crippen molar-refractivity contribution in [3.05, 3.63) is 0 Å². The van der Waals surface area contributed by atoms with Crippen molar-refractivity contribution in [1.29, 1.82) is 0 Å². The third-order valence-electron chi connectivity index (χ3n) is 4.52. The summed E-state index contributed by atoms with van der Waals surface area (Å²) in [7, 11) is 0. The van der Waals surface area contributed by atoms with Crippen LogP contribution in [0.4, 0.5) is 4.79 Å². The maximum absolute atomic E-state index is 11.8. The van der Waals surface area contributed by atoms with E-state index in [1.54, 1.807) is 0 Å². The van der Waals surface area contributed by atoms with Gasteiger partial charge in [0.1, 0.15) is 0 Å². The molecule has 1 atom stereocenters. The van der Waals surface area contributed by atoms with E-state index >= 15 is 0 Å². The number of amides is 3. The van der Waals surface area contributed by atoms with Gasteiger partial charge in [0.15, 0.2) is 6.10 Å². The smallest absolute Gasteiger partial charge is 0.324 e. The number of nitrogens with one attached hydrogen (secondary N) is 1. The highest BCUT2D eigenvalue weighted by Gasteiger charge is 2.35. The molecule has 0 aromatic carbocycles. The van der Waals surface area contributed by atoms with Crippen LogP contribution in [0, 0.1) is 17.8 Å². The molecule has 1 aliphatic heterocycles. The van der Waals surface area contributed by atoms with Crippen LogP contribution >= 0.6 is 0 Å². The third-order valence-corrected chi connectivity index (χ3v) is 4.52. The van der Waals surface area contributed by atoms with Gasteiger partial charge in [0, 0.05) is 6.54 Å². The molecule has 108 valence electrons. The number of hydrogen-bond acceptors (Lipinski definition) is 3. The SMILES string of the molecule is CC(C)C1CCC(CN2C(=O)NC[C@H](O)C2=O)CC1. The molecule has 1 saturated carbocycles. The maximum atomic E-state index is 11.8. The molecule has 19 heavy (non-hydrogen) atoms. The van der Waals surface area contributed by atoms with Gasteiger partial charge in [0.05, 0.1) is 6.54 Å². The van der Waals surface area contributed by atoms with Gasteiger partial charge in [-0.1, -0.05) is 13.8 Å². The molecule has 0 bridgehead atoms. The van der Waals surface area contributed by atoms with Gasteiger partial charge in [0.25, 0.3) is 5.91 Å². The lowest BCUT2D eigenvalue weighted by molar-refractivity contribution is -0.139. The second-order valence-electron chi connectivity index (χ2n) is 6.18. The van der Waals surface area contributed by atoms with Gasteiger partial charge in [-0.3, -0.25) is 9.69 Å². The molecule has 0 aromatic heterocycles. The summed E-state index contributed by atoms with van der Waals surface area (Å²) in [5.74, 6) is 1.42. The molecule has 5 nitrogen and oxygen atoms in total. The number of rotatable bonds is 3. The molecular weight excluding hydrogens is 244 g/mol. The van der Waals surface area contributed by atoms with Crippen molar-refractivity contribution < 1.29 is 14.7 Å². The van der Waals surface area contributed by atoms with Gasteiger partial charge in [0.2, 0.25) is 0 Å². The van der Waals surface area contributed by atoms with Gasteiger partial charge in [-0.2, -0.15) is 0 Å². The maximum Gasteiger partial charge on any atom is 0.324 e. The predicted octanol–water partition coefficient (Wildman–Crippen LogP) is 1.36. The van der Waals surface area contributed by atoms with Crippen LogP contribution in [0.25, 0.3) is 0 Å². The van der Waals surface area contributed by atoms with E-state index in [2.05, 4.69) is 19.2 Å². The topological polar surface area (TPSA) is 69.6 Å². The highest BCUT2D eigenvalue weighted by atomic mass is 16.3. The van der Waals surface area contributed by atoms with Crippen LogP contribution in [0.5, 0.6) is 0 Å². The minimum Gasteiger partial charge on any atom is -0.381 e. The van der Waals surface area contributed by atoms with Crippen molar-refractivity contribution in [2.24, 2.45) is 17.8 Å². The molecule has 2 N–H and O–H groups in total. The van der Waals surface area contributed by atoms with Crippen LogP contribution in [-0.4, -0.2) is 41.1 Å². The largest absolute Gasteiger partial charge is 0.381 e. The Balaban J connectivity index is 1.87. The van der Waals surface area contributed by atoms with Crippen molar-refractivity contribution in [2.75, 3.05) is 13.1 Å². The molecule has 0 aromatic rings. The van der Waals surface area contributed by atoms with E-state index in [4.69, 9.17) is 0 Å². The van der Waals surface area contributed by atoms with Crippen LogP contribution in [0.1, 0.15) is 39.5 Å². The number of β-amino-alcohol motifs (C(OH)–C–C–N with tert-alkyl or cyclic N) is 1. The number of hydrogen-bond donors (Lipinski definition) is 2. The predicted molar refractivity (Wildman–Crippen MR) is 71.4 cm³/mol. The highest BCUT2D eigenvalue weighted by molar-refractivity contribution is 5.99. The Morgan fingerprint density at radius 1 is 1.26 bits per heavy atom. The summed E-state index contributed by atoms with van der Waals surface area (Å²) in [6, 6.07) is -0.360. The Morgan fingerprint density at radius 2 is 1.89 bits per heavy atom. The lowest BCUT2D eigenvalue weighted by Crippen LogP contribution is -2.58. The second-order valence-corrected chi connectivity index (χ2v) is 6.18.